The van der Waals surface area contributed by atoms with Crippen LogP contribution in [0, 0.1) is 0 Å². The van der Waals surface area contributed by atoms with Gasteiger partial charge in [0.2, 0.25) is 0 Å². The molecule has 2 amide bonds. The molecule has 2 heterocycles. The van der Waals surface area contributed by atoms with Crippen LogP contribution in [0.5, 0.6) is 0 Å². The number of rotatable bonds is 4. The molecule has 1 aliphatic heterocycles. The number of hydrazine groups is 1. The lowest BCUT2D eigenvalue weighted by molar-refractivity contribution is -0.135. The van der Waals surface area contributed by atoms with Crippen LogP contribution in [-0.4, -0.2) is 21.8 Å². The van der Waals surface area contributed by atoms with Gasteiger partial charge in [0.25, 0.3) is 11.8 Å². The number of alkyl halides is 1. The number of pyridine rings is 1. The molecule has 1 aromatic heterocycles. The number of aromatic nitrogens is 1. The molecule has 0 fully saturated rings. The Bertz CT molecular complexity index is 999. The van der Waals surface area contributed by atoms with Gasteiger partial charge in [-0.1, -0.05) is 52.9 Å². The maximum Gasteiger partial charge on any atom is 0.275 e. The van der Waals surface area contributed by atoms with E-state index >= 15 is 0 Å². The minimum atomic E-state index is -0.497. The Morgan fingerprint density at radius 3 is 2.15 bits per heavy atom. The Balaban J connectivity index is 2.10. The minimum absolute atomic E-state index is 0.192. The summed E-state index contributed by atoms with van der Waals surface area (Å²) in [7, 11) is 2.67. The highest BCUT2D eigenvalue weighted by Gasteiger charge is 2.34. The van der Waals surface area contributed by atoms with E-state index in [0.717, 1.165) is 10.6 Å². The van der Waals surface area contributed by atoms with Crippen LogP contribution in [0.3, 0.4) is 0 Å². The van der Waals surface area contributed by atoms with Gasteiger partial charge in [-0.3, -0.25) is 19.8 Å². The minimum Gasteiger partial charge on any atom is -0.340 e. The maximum atomic E-state index is 12.9. The zero-order valence-electron chi connectivity index (χ0n) is 15.1. The van der Waals surface area contributed by atoms with Gasteiger partial charge in [0.1, 0.15) is 5.82 Å². The monoisotopic (exact) mass is 495 g/mol. The first kappa shape index (κ1) is 19.8. The zero-order chi connectivity index (χ0) is 19.9. The van der Waals surface area contributed by atoms with Crippen molar-refractivity contribution in [2.45, 2.75) is 23.9 Å². The summed E-state index contributed by atoms with van der Waals surface area (Å²) >= 11 is 2.19. The molecule has 0 saturated heterocycles. The van der Waals surface area contributed by atoms with Gasteiger partial charge in [-0.25, -0.2) is 0 Å². The van der Waals surface area contributed by atoms with Crippen molar-refractivity contribution in [3.8, 4) is 11.3 Å². The number of H-pyrrole nitrogens is 1. The van der Waals surface area contributed by atoms with Crippen LogP contribution in [-0.2, 0) is 12.8 Å². The molecule has 0 radical (unpaired) electrons. The highest BCUT2D eigenvalue weighted by Crippen LogP contribution is 2.41. The average Bonchev–Trinajstić information content (AvgIpc) is 2.79. The van der Waals surface area contributed by atoms with Gasteiger partial charge in [0, 0.05) is 22.8 Å². The SMILES string of the molecule is CC1=C(C)C(=O)N(Nc2cc(=O)c([C@](C)(P)I)c(-c3ccccc3)[nH]2)C1=O. The van der Waals surface area contributed by atoms with Gasteiger partial charge in [-0.05, 0) is 26.3 Å². The van der Waals surface area contributed by atoms with E-state index in [4.69, 9.17) is 0 Å². The predicted octanol–water partition coefficient (Wildman–Crippen LogP) is 3.56. The molecule has 1 aliphatic rings. The molecule has 140 valence electrons. The molecule has 1 aromatic carbocycles. The van der Waals surface area contributed by atoms with Crippen LogP contribution >= 0.6 is 31.8 Å². The largest absolute Gasteiger partial charge is 0.340 e. The van der Waals surface area contributed by atoms with Crippen molar-refractivity contribution >= 4 is 49.5 Å². The Morgan fingerprint density at radius 2 is 1.63 bits per heavy atom. The molecule has 6 nitrogen and oxygen atoms in total. The van der Waals surface area contributed by atoms with Crippen molar-refractivity contribution in [3.05, 3.63) is 63.3 Å². The number of hydrogen-bond donors (Lipinski definition) is 2. The first-order chi connectivity index (χ1) is 12.6. The molecule has 0 saturated carbocycles. The van der Waals surface area contributed by atoms with E-state index in [1.54, 1.807) is 13.8 Å². The Morgan fingerprint density at radius 1 is 1.07 bits per heavy atom. The van der Waals surface area contributed by atoms with E-state index in [2.05, 4.69) is 42.2 Å². The van der Waals surface area contributed by atoms with Crippen LogP contribution in [0.25, 0.3) is 11.3 Å². The summed E-state index contributed by atoms with van der Waals surface area (Å²) in [6, 6.07) is 10.8. The number of carbonyl (C=O) groups is 2. The van der Waals surface area contributed by atoms with E-state index < -0.39 is 15.0 Å². The van der Waals surface area contributed by atoms with Crippen LogP contribution in [0.2, 0.25) is 0 Å². The van der Waals surface area contributed by atoms with Gasteiger partial charge in [-0.15, -0.1) is 9.24 Å². The predicted molar refractivity (Wildman–Crippen MR) is 117 cm³/mol. The summed E-state index contributed by atoms with van der Waals surface area (Å²) in [6.07, 6.45) is 0. The van der Waals surface area contributed by atoms with Crippen molar-refractivity contribution < 1.29 is 9.59 Å². The van der Waals surface area contributed by atoms with Crippen molar-refractivity contribution in [1.82, 2.24) is 9.99 Å². The van der Waals surface area contributed by atoms with E-state index in [1.165, 1.54) is 6.07 Å². The van der Waals surface area contributed by atoms with Crippen LogP contribution < -0.4 is 10.9 Å². The van der Waals surface area contributed by atoms with Gasteiger partial charge in [-0.2, -0.15) is 5.01 Å². The number of imide groups is 1. The molecule has 0 aliphatic carbocycles. The fourth-order valence-electron chi connectivity index (χ4n) is 2.90. The lowest BCUT2D eigenvalue weighted by Crippen LogP contribution is -2.37. The number of nitrogens with zero attached hydrogens (tertiary/aromatic N) is 1. The van der Waals surface area contributed by atoms with Gasteiger partial charge in [0.05, 0.1) is 8.86 Å². The molecule has 1 unspecified atom stereocenters. The maximum absolute atomic E-state index is 12.9. The van der Waals surface area contributed by atoms with E-state index in [-0.39, 0.29) is 11.2 Å². The molecule has 2 N–H and O–H groups in total. The molecule has 0 spiro atoms. The van der Waals surface area contributed by atoms with Crippen molar-refractivity contribution in [3.63, 3.8) is 0 Å². The number of carbonyl (C=O) groups excluding carboxylic acids is 2. The van der Waals surface area contributed by atoms with Crippen molar-refractivity contribution in [2.75, 3.05) is 5.43 Å². The fraction of sp³-hybridized carbons (Fsp3) is 0.211. The molecular weight excluding hydrogens is 476 g/mol. The first-order valence-corrected chi connectivity index (χ1v) is 9.90. The summed E-state index contributed by atoms with van der Waals surface area (Å²) in [5.41, 5.74) is 5.41. The molecular formula is C19H19IN3O3P. The second-order valence-electron chi connectivity index (χ2n) is 6.55. The second kappa shape index (κ2) is 7.20. The normalized spacial score (nSPS) is 16.7. The summed E-state index contributed by atoms with van der Waals surface area (Å²) in [5, 5.41) is 0.925. The number of aromatic amines is 1. The summed E-state index contributed by atoms with van der Waals surface area (Å²) < 4.78 is -0.497. The zero-order valence-corrected chi connectivity index (χ0v) is 18.4. The summed E-state index contributed by atoms with van der Waals surface area (Å²) in [5.74, 6) is -0.570. The Labute approximate surface area is 172 Å². The number of amides is 2. The Kier molecular flexibility index (Phi) is 5.27. The average molecular weight is 495 g/mol. The first-order valence-electron chi connectivity index (χ1n) is 8.25. The Hall–Kier alpha value is -1.99. The number of benzene rings is 1. The van der Waals surface area contributed by atoms with Crippen LogP contribution in [0.4, 0.5) is 5.82 Å². The van der Waals surface area contributed by atoms with E-state index in [1.807, 2.05) is 37.3 Å². The lowest BCUT2D eigenvalue weighted by atomic mass is 10.0. The third-order valence-corrected chi connectivity index (χ3v) is 5.25. The third-order valence-electron chi connectivity index (χ3n) is 4.43. The molecule has 8 heteroatoms. The van der Waals surface area contributed by atoms with Crippen LogP contribution in [0.15, 0.2) is 52.3 Å². The highest BCUT2D eigenvalue weighted by molar-refractivity contribution is 14.1. The van der Waals surface area contributed by atoms with Gasteiger partial charge < -0.3 is 4.98 Å². The molecule has 0 bridgehead atoms. The standard InChI is InChI=1S/C19H19IN3O3P/c1-10-11(2)18(26)23(17(10)25)22-14-9-13(24)15(19(3,20)27)16(21-14)12-7-5-4-6-8-12/h4-9H,27H2,1-3H3,(H2,21,22,24)/t19-/m0/s1. The van der Waals surface area contributed by atoms with Crippen molar-refractivity contribution in [1.29, 1.82) is 0 Å². The topological polar surface area (TPSA) is 82.3 Å². The van der Waals surface area contributed by atoms with Crippen molar-refractivity contribution in [2.24, 2.45) is 0 Å². The third kappa shape index (κ3) is 3.71. The number of nitrogens with one attached hydrogen (secondary N) is 2. The van der Waals surface area contributed by atoms with Crippen LogP contribution in [0.1, 0.15) is 26.3 Å². The second-order valence-corrected chi connectivity index (χ2v) is 11.1. The summed E-state index contributed by atoms with van der Waals surface area (Å²) in [6.45, 7) is 5.13. The van der Waals surface area contributed by atoms with E-state index in [9.17, 15) is 14.4 Å². The fourth-order valence-corrected chi connectivity index (χ4v) is 3.72. The quantitative estimate of drug-likeness (QED) is 0.294. The molecule has 2 atom stereocenters. The number of hydrogen-bond acceptors (Lipinski definition) is 4. The summed E-state index contributed by atoms with van der Waals surface area (Å²) in [4.78, 5) is 40.6. The molecule has 2 aromatic rings. The smallest absolute Gasteiger partial charge is 0.275 e. The number of halogens is 1. The van der Waals surface area contributed by atoms with Gasteiger partial charge >= 0.3 is 0 Å². The van der Waals surface area contributed by atoms with E-state index in [0.29, 0.717) is 22.4 Å². The van der Waals surface area contributed by atoms with Gasteiger partial charge in [0.15, 0.2) is 5.43 Å². The highest BCUT2D eigenvalue weighted by atomic mass is 127. The number of anilines is 1. The lowest BCUT2D eigenvalue weighted by Gasteiger charge is -2.23. The molecule has 27 heavy (non-hydrogen) atoms. The molecule has 3 rings (SSSR count).